The van der Waals surface area contributed by atoms with Crippen LogP contribution in [0.15, 0.2) is 29.3 Å². The molecule has 2 aliphatic rings. The molecule has 4 heteroatoms. The average molecular weight is 245 g/mol. The Balaban J connectivity index is 1.89. The van der Waals surface area contributed by atoms with Crippen LogP contribution in [0.3, 0.4) is 0 Å². The number of hydrogen-bond acceptors (Lipinski definition) is 3. The number of hydrogen-bond donors (Lipinski definition) is 1. The Labute approximate surface area is 105 Å². The van der Waals surface area contributed by atoms with Gasteiger partial charge in [-0.3, -0.25) is 4.79 Å². The molecule has 0 saturated heterocycles. The van der Waals surface area contributed by atoms with Crippen molar-refractivity contribution in [3.8, 4) is 0 Å². The highest BCUT2D eigenvalue weighted by Crippen LogP contribution is 2.43. The summed E-state index contributed by atoms with van der Waals surface area (Å²) >= 11 is 0. The second-order valence-electron chi connectivity index (χ2n) is 4.85. The highest BCUT2D eigenvalue weighted by molar-refractivity contribution is 5.95. The lowest BCUT2D eigenvalue weighted by atomic mass is 9.64. The Morgan fingerprint density at radius 3 is 2.44 bits per heavy atom. The summed E-state index contributed by atoms with van der Waals surface area (Å²) in [6.45, 7) is 1.34. The number of aliphatic carboxylic acids is 1. The zero-order chi connectivity index (χ0) is 12.6. The predicted octanol–water partition coefficient (Wildman–Crippen LogP) is 1.97. The number of nitrogens with zero attached hydrogens (tertiary/aromatic N) is 1. The maximum Gasteiger partial charge on any atom is 0.314 e. The molecule has 1 heterocycles. The average Bonchev–Trinajstić information content (AvgIpc) is 2.81. The minimum Gasteiger partial charge on any atom is -0.481 e. The molecule has 0 radical (unpaired) electrons. The monoisotopic (exact) mass is 245 g/mol. The van der Waals surface area contributed by atoms with Crippen molar-refractivity contribution in [1.82, 2.24) is 0 Å². The molecule has 0 spiro atoms. The summed E-state index contributed by atoms with van der Waals surface area (Å²) in [6.07, 6.45) is 2.46. The Bertz CT molecular complexity index is 500. The zero-order valence-electron chi connectivity index (χ0n) is 10.1. The number of carboxylic acid groups (broad SMARTS) is 1. The second kappa shape index (κ2) is 4.12. The molecule has 18 heavy (non-hydrogen) atoms. The fourth-order valence-corrected chi connectivity index (χ4v) is 2.60. The van der Waals surface area contributed by atoms with Crippen molar-refractivity contribution in [3.05, 3.63) is 35.4 Å². The van der Waals surface area contributed by atoms with Gasteiger partial charge in [-0.25, -0.2) is 4.99 Å². The topological polar surface area (TPSA) is 58.9 Å². The summed E-state index contributed by atoms with van der Waals surface area (Å²) in [5.74, 6) is -0.0458. The molecule has 0 bridgehead atoms. The van der Waals surface area contributed by atoms with Gasteiger partial charge in [-0.1, -0.05) is 18.6 Å². The predicted molar refractivity (Wildman–Crippen MR) is 67.0 cm³/mol. The number of carboxylic acids is 1. The van der Waals surface area contributed by atoms with Crippen molar-refractivity contribution >= 4 is 11.9 Å². The van der Waals surface area contributed by atoms with E-state index in [0.29, 0.717) is 19.0 Å². The van der Waals surface area contributed by atoms with Crippen LogP contribution in [0.5, 0.6) is 0 Å². The smallest absolute Gasteiger partial charge is 0.314 e. The van der Waals surface area contributed by atoms with Crippen LogP contribution in [-0.2, 0) is 14.9 Å². The maximum absolute atomic E-state index is 11.4. The Morgan fingerprint density at radius 2 is 2.00 bits per heavy atom. The van der Waals surface area contributed by atoms with E-state index in [1.54, 1.807) is 0 Å². The van der Waals surface area contributed by atoms with Crippen LogP contribution in [0.1, 0.15) is 30.4 Å². The zero-order valence-corrected chi connectivity index (χ0v) is 10.1. The molecule has 1 aliphatic heterocycles. The molecular weight excluding hydrogens is 230 g/mol. The molecule has 1 aromatic carbocycles. The van der Waals surface area contributed by atoms with Crippen LogP contribution < -0.4 is 0 Å². The van der Waals surface area contributed by atoms with E-state index >= 15 is 0 Å². The fraction of sp³-hybridized carbons (Fsp3) is 0.429. The molecule has 0 aromatic heterocycles. The van der Waals surface area contributed by atoms with Gasteiger partial charge in [0.15, 0.2) is 0 Å². The Hall–Kier alpha value is -1.84. The van der Waals surface area contributed by atoms with E-state index in [2.05, 4.69) is 4.99 Å². The molecule has 4 nitrogen and oxygen atoms in total. The van der Waals surface area contributed by atoms with Crippen molar-refractivity contribution in [2.45, 2.75) is 24.7 Å². The molecule has 1 fully saturated rings. The molecule has 1 saturated carbocycles. The van der Waals surface area contributed by atoms with Gasteiger partial charge in [0.1, 0.15) is 6.61 Å². The molecule has 1 aromatic rings. The van der Waals surface area contributed by atoms with E-state index in [0.717, 1.165) is 30.4 Å². The van der Waals surface area contributed by atoms with Gasteiger partial charge < -0.3 is 9.84 Å². The van der Waals surface area contributed by atoms with Gasteiger partial charge in [0.05, 0.1) is 12.0 Å². The van der Waals surface area contributed by atoms with E-state index in [4.69, 9.17) is 4.74 Å². The van der Waals surface area contributed by atoms with E-state index in [1.165, 1.54) is 0 Å². The number of ether oxygens (including phenoxy) is 1. The summed E-state index contributed by atoms with van der Waals surface area (Å²) in [6, 6.07) is 7.60. The van der Waals surface area contributed by atoms with Crippen LogP contribution in [0.4, 0.5) is 0 Å². The van der Waals surface area contributed by atoms with Crippen molar-refractivity contribution in [3.63, 3.8) is 0 Å². The van der Waals surface area contributed by atoms with Crippen LogP contribution in [-0.4, -0.2) is 30.1 Å². The normalized spacial score (nSPS) is 20.8. The fourth-order valence-electron chi connectivity index (χ4n) is 2.60. The van der Waals surface area contributed by atoms with E-state index in [-0.39, 0.29) is 0 Å². The highest BCUT2D eigenvalue weighted by atomic mass is 16.5. The Kier molecular flexibility index (Phi) is 2.58. The Morgan fingerprint density at radius 1 is 1.28 bits per heavy atom. The van der Waals surface area contributed by atoms with Crippen molar-refractivity contribution in [2.75, 3.05) is 13.2 Å². The standard InChI is InChI=1S/C14H15NO3/c16-13(17)14(6-1-7-14)11-4-2-10(3-5-11)12-15-8-9-18-12/h2-5H,1,6-9H2,(H,16,17). The second-order valence-corrected chi connectivity index (χ2v) is 4.85. The van der Waals surface area contributed by atoms with Gasteiger partial charge in [0, 0.05) is 5.56 Å². The van der Waals surface area contributed by atoms with Gasteiger partial charge in [-0.05, 0) is 30.5 Å². The van der Waals surface area contributed by atoms with Crippen LogP contribution >= 0.6 is 0 Å². The molecular formula is C14H15NO3. The summed E-state index contributed by atoms with van der Waals surface area (Å²) < 4.78 is 5.39. The third-order valence-electron chi connectivity index (χ3n) is 3.89. The summed E-state index contributed by atoms with van der Waals surface area (Å²) in [5.41, 5.74) is 1.16. The molecule has 0 unspecified atom stereocenters. The largest absolute Gasteiger partial charge is 0.481 e. The van der Waals surface area contributed by atoms with Crippen LogP contribution in [0.2, 0.25) is 0 Å². The van der Waals surface area contributed by atoms with Crippen molar-refractivity contribution in [1.29, 1.82) is 0 Å². The quantitative estimate of drug-likeness (QED) is 0.885. The SMILES string of the molecule is O=C(O)C1(c2ccc(C3=NCCO3)cc2)CCC1. The lowest BCUT2D eigenvalue weighted by Gasteiger charge is -2.38. The summed E-state index contributed by atoms with van der Waals surface area (Å²) in [7, 11) is 0. The third-order valence-corrected chi connectivity index (χ3v) is 3.89. The third kappa shape index (κ3) is 1.60. The van der Waals surface area contributed by atoms with Gasteiger partial charge in [-0.2, -0.15) is 0 Å². The van der Waals surface area contributed by atoms with Crippen LogP contribution in [0, 0.1) is 0 Å². The van der Waals surface area contributed by atoms with Crippen LogP contribution in [0.25, 0.3) is 0 Å². The van der Waals surface area contributed by atoms with Crippen molar-refractivity contribution < 1.29 is 14.6 Å². The molecule has 0 atom stereocenters. The van der Waals surface area contributed by atoms with Crippen molar-refractivity contribution in [2.24, 2.45) is 4.99 Å². The van der Waals surface area contributed by atoms with E-state index in [1.807, 2.05) is 24.3 Å². The van der Waals surface area contributed by atoms with Gasteiger partial charge in [0.25, 0.3) is 0 Å². The minimum absolute atomic E-state index is 0.635. The number of rotatable bonds is 3. The summed E-state index contributed by atoms with van der Waals surface area (Å²) in [4.78, 5) is 15.6. The highest BCUT2D eigenvalue weighted by Gasteiger charge is 2.45. The first-order valence-corrected chi connectivity index (χ1v) is 6.24. The molecule has 94 valence electrons. The molecule has 1 N–H and O–H groups in total. The van der Waals surface area contributed by atoms with Gasteiger partial charge in [-0.15, -0.1) is 0 Å². The van der Waals surface area contributed by atoms with Gasteiger partial charge >= 0.3 is 5.97 Å². The first-order valence-electron chi connectivity index (χ1n) is 6.24. The van der Waals surface area contributed by atoms with E-state index in [9.17, 15) is 9.90 Å². The minimum atomic E-state index is -0.712. The molecule has 0 amide bonds. The van der Waals surface area contributed by atoms with Gasteiger partial charge in [0.2, 0.25) is 5.90 Å². The van der Waals surface area contributed by atoms with E-state index < -0.39 is 11.4 Å². The first-order chi connectivity index (χ1) is 8.72. The molecule has 1 aliphatic carbocycles. The maximum atomic E-state index is 11.4. The lowest BCUT2D eigenvalue weighted by molar-refractivity contribution is -0.147. The summed E-state index contributed by atoms with van der Waals surface area (Å²) in [5, 5.41) is 9.37. The number of benzene rings is 1. The number of aliphatic imine (C=N–C) groups is 1. The first kappa shape index (κ1) is 11.3. The number of carbonyl (C=O) groups is 1. The lowest BCUT2D eigenvalue weighted by Crippen LogP contribution is -2.42. The molecule has 3 rings (SSSR count).